The van der Waals surface area contributed by atoms with E-state index < -0.39 is 23.6 Å². The Labute approximate surface area is 262 Å². The summed E-state index contributed by atoms with van der Waals surface area (Å²) in [6.07, 6.45) is -3.31. The van der Waals surface area contributed by atoms with Gasteiger partial charge in [0.1, 0.15) is 23.8 Å². The van der Waals surface area contributed by atoms with Gasteiger partial charge in [-0.15, -0.1) is 0 Å². The van der Waals surface area contributed by atoms with Gasteiger partial charge >= 0.3 is 12.2 Å². The van der Waals surface area contributed by atoms with Crippen LogP contribution in [0.15, 0.2) is 79.1 Å². The standard InChI is InChI=1S/C32H32F4N8O2/c1-43-12-14-44(15-13-43)19-21-2-5-23(6-3-21)30(45)37-18-22-4-11-26(33)27(16-22)41-31(46)42-29-17-28(38-20-39-29)40-25-9-7-24(8-10-25)32(34,35)36/h2-11,16-17,20H,12-15,18-19H2,1H3,(H,37,45)(H3,38,39,40,41,42,46). The van der Waals surface area contributed by atoms with Crippen LogP contribution >= 0.6 is 0 Å². The second kappa shape index (κ2) is 14.3. The molecule has 0 saturated carbocycles. The van der Waals surface area contributed by atoms with Gasteiger partial charge in [-0.3, -0.25) is 15.0 Å². The van der Waals surface area contributed by atoms with Crippen molar-refractivity contribution in [2.24, 2.45) is 0 Å². The number of benzene rings is 3. The van der Waals surface area contributed by atoms with Gasteiger partial charge in [0, 0.05) is 56.6 Å². The summed E-state index contributed by atoms with van der Waals surface area (Å²) in [5, 5.41) is 10.5. The van der Waals surface area contributed by atoms with Crippen LogP contribution < -0.4 is 21.3 Å². The van der Waals surface area contributed by atoms with E-state index >= 15 is 0 Å². The van der Waals surface area contributed by atoms with Gasteiger partial charge in [0.2, 0.25) is 0 Å². The third kappa shape index (κ3) is 8.99. The lowest BCUT2D eigenvalue weighted by molar-refractivity contribution is -0.137. The Morgan fingerprint density at radius 1 is 0.826 bits per heavy atom. The maximum absolute atomic E-state index is 14.5. The minimum absolute atomic E-state index is 0.0558. The largest absolute Gasteiger partial charge is 0.416 e. The summed E-state index contributed by atoms with van der Waals surface area (Å²) in [5.41, 5.74) is 1.62. The molecule has 1 aliphatic rings. The van der Waals surface area contributed by atoms with Crippen molar-refractivity contribution in [2.45, 2.75) is 19.3 Å². The summed E-state index contributed by atoms with van der Waals surface area (Å²) in [6.45, 7) is 4.99. The van der Waals surface area contributed by atoms with Crippen LogP contribution in [-0.4, -0.2) is 64.9 Å². The quantitative estimate of drug-likeness (QED) is 0.174. The number of amides is 3. The first kappa shape index (κ1) is 32.3. The molecule has 240 valence electrons. The molecule has 4 N–H and O–H groups in total. The van der Waals surface area contributed by atoms with Crippen LogP contribution in [0.5, 0.6) is 0 Å². The number of hydrogen-bond acceptors (Lipinski definition) is 7. The van der Waals surface area contributed by atoms with E-state index in [0.717, 1.165) is 56.7 Å². The number of alkyl halides is 3. The molecular weight excluding hydrogens is 604 g/mol. The average Bonchev–Trinajstić information content (AvgIpc) is 3.03. The van der Waals surface area contributed by atoms with Gasteiger partial charge in [-0.2, -0.15) is 13.2 Å². The third-order valence-electron chi connectivity index (χ3n) is 7.34. The number of nitrogens with zero attached hydrogens (tertiary/aromatic N) is 4. The molecule has 1 fully saturated rings. The highest BCUT2D eigenvalue weighted by molar-refractivity contribution is 5.99. The lowest BCUT2D eigenvalue weighted by Gasteiger charge is -2.32. The Bertz CT molecular complexity index is 1660. The van der Waals surface area contributed by atoms with Gasteiger partial charge in [-0.1, -0.05) is 18.2 Å². The van der Waals surface area contributed by atoms with Gasteiger partial charge in [-0.25, -0.2) is 19.2 Å². The molecule has 0 spiro atoms. The number of nitrogens with one attached hydrogen (secondary N) is 4. The summed E-state index contributed by atoms with van der Waals surface area (Å²) in [6, 6.07) is 16.4. The van der Waals surface area contributed by atoms with Gasteiger partial charge in [-0.05, 0) is 66.7 Å². The monoisotopic (exact) mass is 636 g/mol. The zero-order chi connectivity index (χ0) is 32.7. The first-order valence-corrected chi connectivity index (χ1v) is 14.4. The Morgan fingerprint density at radius 3 is 2.20 bits per heavy atom. The maximum Gasteiger partial charge on any atom is 0.416 e. The Balaban J connectivity index is 1.12. The maximum atomic E-state index is 14.5. The highest BCUT2D eigenvalue weighted by atomic mass is 19.4. The highest BCUT2D eigenvalue weighted by Crippen LogP contribution is 2.30. The number of hydrogen-bond donors (Lipinski definition) is 4. The number of piperazine rings is 1. The van der Waals surface area contributed by atoms with E-state index in [9.17, 15) is 27.2 Å². The molecule has 3 amide bonds. The molecule has 46 heavy (non-hydrogen) atoms. The average molecular weight is 637 g/mol. The number of anilines is 4. The minimum atomic E-state index is -4.46. The normalized spacial score (nSPS) is 14.0. The molecule has 0 bridgehead atoms. The van der Waals surface area contributed by atoms with Crippen molar-refractivity contribution in [2.75, 3.05) is 49.2 Å². The molecule has 1 aromatic heterocycles. The number of rotatable bonds is 9. The lowest BCUT2D eigenvalue weighted by Crippen LogP contribution is -2.43. The summed E-state index contributed by atoms with van der Waals surface area (Å²) < 4.78 is 52.9. The molecule has 0 radical (unpaired) electrons. The fourth-order valence-electron chi connectivity index (χ4n) is 4.74. The first-order chi connectivity index (χ1) is 22.0. The molecule has 2 heterocycles. The van der Waals surface area contributed by atoms with Crippen molar-refractivity contribution in [1.82, 2.24) is 25.1 Å². The Kier molecular flexibility index (Phi) is 10.1. The molecule has 10 nitrogen and oxygen atoms in total. The number of likely N-dealkylation sites (N-methyl/N-ethyl adjacent to an activating group) is 1. The van der Waals surface area contributed by atoms with Crippen LogP contribution in [0.1, 0.15) is 27.0 Å². The smallest absolute Gasteiger partial charge is 0.348 e. The first-order valence-electron chi connectivity index (χ1n) is 14.4. The lowest BCUT2D eigenvalue weighted by atomic mass is 10.1. The van der Waals surface area contributed by atoms with Gasteiger partial charge in [0.15, 0.2) is 0 Å². The van der Waals surface area contributed by atoms with Crippen molar-refractivity contribution in [3.63, 3.8) is 0 Å². The van der Waals surface area contributed by atoms with Gasteiger partial charge < -0.3 is 20.9 Å². The van der Waals surface area contributed by atoms with Crippen LogP contribution in [-0.2, 0) is 19.3 Å². The second-order valence-electron chi connectivity index (χ2n) is 10.8. The van der Waals surface area contributed by atoms with E-state index in [1.54, 1.807) is 12.1 Å². The second-order valence-corrected chi connectivity index (χ2v) is 10.8. The molecule has 14 heteroatoms. The molecule has 0 aliphatic carbocycles. The van der Waals surface area contributed by atoms with Crippen LogP contribution in [0.4, 0.5) is 45.4 Å². The van der Waals surface area contributed by atoms with E-state index in [-0.39, 0.29) is 29.8 Å². The molecule has 1 aliphatic heterocycles. The molecule has 0 atom stereocenters. The van der Waals surface area contributed by atoms with E-state index in [2.05, 4.69) is 48.1 Å². The minimum Gasteiger partial charge on any atom is -0.348 e. The van der Waals surface area contributed by atoms with Gasteiger partial charge in [0.05, 0.1) is 11.3 Å². The van der Waals surface area contributed by atoms with E-state index in [1.165, 1.54) is 36.4 Å². The van der Waals surface area contributed by atoms with Crippen molar-refractivity contribution in [3.8, 4) is 0 Å². The summed E-state index contributed by atoms with van der Waals surface area (Å²) in [5.74, 6) is -0.709. The zero-order valence-electron chi connectivity index (χ0n) is 24.9. The summed E-state index contributed by atoms with van der Waals surface area (Å²) >= 11 is 0. The molecule has 0 unspecified atom stereocenters. The van der Waals surface area contributed by atoms with Crippen LogP contribution in [0.3, 0.4) is 0 Å². The van der Waals surface area contributed by atoms with E-state index in [1.807, 2.05) is 12.1 Å². The molecular formula is C32H32F4N8O2. The zero-order valence-corrected chi connectivity index (χ0v) is 24.9. The van der Waals surface area contributed by atoms with Crippen molar-refractivity contribution < 1.29 is 27.2 Å². The van der Waals surface area contributed by atoms with E-state index in [0.29, 0.717) is 16.8 Å². The number of urea groups is 1. The van der Waals surface area contributed by atoms with Gasteiger partial charge in [0.25, 0.3) is 5.91 Å². The van der Waals surface area contributed by atoms with Crippen LogP contribution in [0, 0.1) is 5.82 Å². The fourth-order valence-corrected chi connectivity index (χ4v) is 4.74. The van der Waals surface area contributed by atoms with Crippen molar-refractivity contribution in [1.29, 1.82) is 0 Å². The third-order valence-corrected chi connectivity index (χ3v) is 7.34. The molecule has 4 aromatic rings. The topological polar surface area (TPSA) is 115 Å². The summed E-state index contributed by atoms with van der Waals surface area (Å²) in [7, 11) is 2.11. The highest BCUT2D eigenvalue weighted by Gasteiger charge is 2.30. The number of halogens is 4. The number of aromatic nitrogens is 2. The predicted octanol–water partition coefficient (Wildman–Crippen LogP) is 5.70. The Hall–Kier alpha value is -5.08. The van der Waals surface area contributed by atoms with Crippen molar-refractivity contribution >= 4 is 34.9 Å². The van der Waals surface area contributed by atoms with Crippen LogP contribution in [0.2, 0.25) is 0 Å². The molecule has 1 saturated heterocycles. The van der Waals surface area contributed by atoms with Crippen molar-refractivity contribution in [3.05, 3.63) is 107 Å². The molecule has 5 rings (SSSR count). The van der Waals surface area contributed by atoms with Crippen LogP contribution in [0.25, 0.3) is 0 Å². The summed E-state index contributed by atoms with van der Waals surface area (Å²) in [4.78, 5) is 38.0. The van der Waals surface area contributed by atoms with E-state index in [4.69, 9.17) is 0 Å². The number of carbonyl (C=O) groups is 2. The predicted molar refractivity (Wildman–Crippen MR) is 166 cm³/mol. The number of carbonyl (C=O) groups excluding carboxylic acids is 2. The SMILES string of the molecule is CN1CCN(Cc2ccc(C(=O)NCc3ccc(F)c(NC(=O)Nc4cc(Nc5ccc(C(F)(F)F)cc5)ncn4)c3)cc2)CC1. The fraction of sp³-hybridized carbons (Fsp3) is 0.250. The molecule has 3 aromatic carbocycles. The Morgan fingerprint density at radius 2 is 1.50 bits per heavy atom.